The van der Waals surface area contributed by atoms with Crippen LogP contribution in [0.5, 0.6) is 11.5 Å². The maximum atomic E-state index is 12.1. The second-order valence-electron chi connectivity index (χ2n) is 4.38. The lowest BCUT2D eigenvalue weighted by Crippen LogP contribution is -2.30. The SMILES string of the molecule is COc1ccccc1O[C@H](C)C(=O)Nc1ccccc1Cl. The normalized spacial score (nSPS) is 11.6. The Balaban J connectivity index is 2.05. The van der Waals surface area contributed by atoms with Gasteiger partial charge in [0.25, 0.3) is 5.91 Å². The number of halogens is 1. The van der Waals surface area contributed by atoms with Crippen LogP contribution >= 0.6 is 11.6 Å². The molecule has 2 rings (SSSR count). The third-order valence-electron chi connectivity index (χ3n) is 2.87. The molecule has 0 saturated carbocycles. The fraction of sp³-hybridized carbons (Fsp3) is 0.188. The zero-order valence-electron chi connectivity index (χ0n) is 11.8. The Labute approximate surface area is 128 Å². The number of anilines is 1. The average molecular weight is 306 g/mol. The summed E-state index contributed by atoms with van der Waals surface area (Å²) in [5, 5.41) is 3.21. The highest BCUT2D eigenvalue weighted by Crippen LogP contribution is 2.27. The molecule has 110 valence electrons. The molecule has 21 heavy (non-hydrogen) atoms. The topological polar surface area (TPSA) is 47.6 Å². The first kappa shape index (κ1) is 15.2. The second kappa shape index (κ2) is 6.99. The quantitative estimate of drug-likeness (QED) is 0.915. The Hall–Kier alpha value is -2.20. The summed E-state index contributed by atoms with van der Waals surface area (Å²) in [6, 6.07) is 14.2. The lowest BCUT2D eigenvalue weighted by Gasteiger charge is -2.17. The van der Waals surface area contributed by atoms with Crippen LogP contribution in [0, 0.1) is 0 Å². The van der Waals surface area contributed by atoms with E-state index in [1.807, 2.05) is 12.1 Å². The molecule has 0 aromatic heterocycles. The number of hydrogen-bond acceptors (Lipinski definition) is 3. The number of carbonyl (C=O) groups is 1. The highest BCUT2D eigenvalue weighted by Gasteiger charge is 2.17. The van der Waals surface area contributed by atoms with E-state index >= 15 is 0 Å². The third-order valence-corrected chi connectivity index (χ3v) is 3.20. The molecule has 0 aliphatic heterocycles. The van der Waals surface area contributed by atoms with Crippen LogP contribution in [0.2, 0.25) is 5.02 Å². The zero-order valence-corrected chi connectivity index (χ0v) is 12.6. The van der Waals surface area contributed by atoms with Crippen LogP contribution in [-0.4, -0.2) is 19.1 Å². The van der Waals surface area contributed by atoms with Crippen LogP contribution in [0.25, 0.3) is 0 Å². The lowest BCUT2D eigenvalue weighted by atomic mass is 10.3. The van der Waals surface area contributed by atoms with Crippen molar-refractivity contribution in [3.05, 3.63) is 53.6 Å². The number of benzene rings is 2. The molecule has 0 aliphatic carbocycles. The van der Waals surface area contributed by atoms with E-state index in [0.29, 0.717) is 22.2 Å². The van der Waals surface area contributed by atoms with Crippen molar-refractivity contribution in [2.75, 3.05) is 12.4 Å². The zero-order chi connectivity index (χ0) is 15.2. The maximum Gasteiger partial charge on any atom is 0.265 e. The van der Waals surface area contributed by atoms with Crippen molar-refractivity contribution < 1.29 is 14.3 Å². The van der Waals surface area contributed by atoms with Crippen molar-refractivity contribution >= 4 is 23.2 Å². The van der Waals surface area contributed by atoms with Crippen molar-refractivity contribution in [2.45, 2.75) is 13.0 Å². The summed E-state index contributed by atoms with van der Waals surface area (Å²) in [6.07, 6.45) is -0.683. The molecule has 4 nitrogen and oxygen atoms in total. The average Bonchev–Trinajstić information content (AvgIpc) is 2.50. The van der Waals surface area contributed by atoms with Gasteiger partial charge in [0.15, 0.2) is 17.6 Å². The second-order valence-corrected chi connectivity index (χ2v) is 4.79. The van der Waals surface area contributed by atoms with Gasteiger partial charge in [-0.15, -0.1) is 0 Å². The molecule has 0 aliphatic rings. The number of ether oxygens (including phenoxy) is 2. The molecule has 0 heterocycles. The molecule has 1 amide bonds. The van der Waals surface area contributed by atoms with E-state index < -0.39 is 6.10 Å². The smallest absolute Gasteiger partial charge is 0.265 e. The first-order valence-electron chi connectivity index (χ1n) is 6.47. The molecule has 2 aromatic carbocycles. The molecule has 0 fully saturated rings. The van der Waals surface area contributed by atoms with E-state index in [-0.39, 0.29) is 5.91 Å². The van der Waals surface area contributed by atoms with E-state index in [0.717, 1.165) is 0 Å². The molecular weight excluding hydrogens is 290 g/mol. The molecule has 0 saturated heterocycles. The Morgan fingerprint density at radius 1 is 1.10 bits per heavy atom. The number of rotatable bonds is 5. The molecule has 0 bridgehead atoms. The molecule has 1 N–H and O–H groups in total. The highest BCUT2D eigenvalue weighted by atomic mass is 35.5. The number of para-hydroxylation sites is 3. The summed E-state index contributed by atoms with van der Waals surface area (Å²) in [6.45, 7) is 1.67. The summed E-state index contributed by atoms with van der Waals surface area (Å²) < 4.78 is 10.8. The van der Waals surface area contributed by atoms with Crippen molar-refractivity contribution in [1.82, 2.24) is 0 Å². The van der Waals surface area contributed by atoms with Gasteiger partial charge in [0, 0.05) is 0 Å². The van der Waals surface area contributed by atoms with Gasteiger partial charge >= 0.3 is 0 Å². The first-order valence-corrected chi connectivity index (χ1v) is 6.84. The predicted octanol–water partition coefficient (Wildman–Crippen LogP) is 3.75. The fourth-order valence-electron chi connectivity index (χ4n) is 1.76. The Morgan fingerprint density at radius 3 is 2.38 bits per heavy atom. The van der Waals surface area contributed by atoms with Crippen LogP contribution < -0.4 is 14.8 Å². The predicted molar refractivity (Wildman–Crippen MR) is 83.2 cm³/mol. The highest BCUT2D eigenvalue weighted by molar-refractivity contribution is 6.33. The van der Waals surface area contributed by atoms with Crippen LogP contribution in [-0.2, 0) is 4.79 Å². The number of methoxy groups -OCH3 is 1. The number of amides is 1. The van der Waals surface area contributed by atoms with Gasteiger partial charge in [-0.25, -0.2) is 0 Å². The van der Waals surface area contributed by atoms with Crippen molar-refractivity contribution in [2.24, 2.45) is 0 Å². The van der Waals surface area contributed by atoms with Gasteiger partial charge in [-0.05, 0) is 31.2 Å². The van der Waals surface area contributed by atoms with E-state index in [2.05, 4.69) is 5.32 Å². The Kier molecular flexibility index (Phi) is 5.06. The minimum absolute atomic E-state index is 0.283. The minimum Gasteiger partial charge on any atom is -0.493 e. The van der Waals surface area contributed by atoms with E-state index in [9.17, 15) is 4.79 Å². The standard InChI is InChI=1S/C16H16ClNO3/c1-11(21-15-10-6-5-9-14(15)20-2)16(19)18-13-8-4-3-7-12(13)17/h3-11H,1-2H3,(H,18,19)/t11-/m1/s1. The van der Waals surface area contributed by atoms with Crippen molar-refractivity contribution in [3.63, 3.8) is 0 Å². The molecule has 2 aromatic rings. The lowest BCUT2D eigenvalue weighted by molar-refractivity contribution is -0.122. The Bertz CT molecular complexity index is 630. The third kappa shape index (κ3) is 3.89. The molecule has 0 radical (unpaired) electrons. The van der Waals surface area contributed by atoms with E-state index in [1.54, 1.807) is 50.4 Å². The van der Waals surface area contributed by atoms with Crippen molar-refractivity contribution in [3.8, 4) is 11.5 Å². The summed E-state index contributed by atoms with van der Waals surface area (Å²) in [5.74, 6) is 0.811. The van der Waals surface area contributed by atoms with Gasteiger partial charge in [0.2, 0.25) is 0 Å². The van der Waals surface area contributed by atoms with Crippen LogP contribution in [0.15, 0.2) is 48.5 Å². The summed E-state index contributed by atoms with van der Waals surface area (Å²) in [4.78, 5) is 12.1. The maximum absolute atomic E-state index is 12.1. The molecule has 5 heteroatoms. The summed E-state index contributed by atoms with van der Waals surface area (Å²) >= 11 is 6.01. The number of nitrogens with one attached hydrogen (secondary N) is 1. The molecule has 0 spiro atoms. The number of carbonyl (C=O) groups excluding carboxylic acids is 1. The van der Waals surface area contributed by atoms with Crippen LogP contribution in [0.1, 0.15) is 6.92 Å². The largest absolute Gasteiger partial charge is 0.493 e. The molecule has 1 atom stereocenters. The molecular formula is C16H16ClNO3. The monoisotopic (exact) mass is 305 g/mol. The van der Waals surface area contributed by atoms with E-state index in [4.69, 9.17) is 21.1 Å². The Morgan fingerprint density at radius 2 is 1.71 bits per heavy atom. The van der Waals surface area contributed by atoms with Gasteiger partial charge in [-0.1, -0.05) is 35.9 Å². The van der Waals surface area contributed by atoms with Gasteiger partial charge in [0.05, 0.1) is 17.8 Å². The number of hydrogen-bond donors (Lipinski definition) is 1. The van der Waals surface area contributed by atoms with Crippen molar-refractivity contribution in [1.29, 1.82) is 0 Å². The van der Waals surface area contributed by atoms with Gasteiger partial charge in [-0.3, -0.25) is 4.79 Å². The fourth-order valence-corrected chi connectivity index (χ4v) is 1.94. The summed E-state index contributed by atoms with van der Waals surface area (Å²) in [7, 11) is 1.55. The van der Waals surface area contributed by atoms with E-state index in [1.165, 1.54) is 0 Å². The minimum atomic E-state index is -0.683. The van der Waals surface area contributed by atoms with Crippen LogP contribution in [0.3, 0.4) is 0 Å². The van der Waals surface area contributed by atoms with Gasteiger partial charge in [-0.2, -0.15) is 0 Å². The molecule has 0 unspecified atom stereocenters. The van der Waals surface area contributed by atoms with Gasteiger partial charge < -0.3 is 14.8 Å². The summed E-state index contributed by atoms with van der Waals surface area (Å²) in [5.41, 5.74) is 0.555. The van der Waals surface area contributed by atoms with Crippen LogP contribution in [0.4, 0.5) is 5.69 Å². The first-order chi connectivity index (χ1) is 10.1. The van der Waals surface area contributed by atoms with Gasteiger partial charge in [0.1, 0.15) is 0 Å².